The summed E-state index contributed by atoms with van der Waals surface area (Å²) >= 11 is 3.32. The molecular formula is C21H18BrN3O2. The number of anilines is 3. The monoisotopic (exact) mass is 423 g/mol. The minimum atomic E-state index is -0.294. The largest absolute Gasteiger partial charge is 0.355 e. The summed E-state index contributed by atoms with van der Waals surface area (Å²) in [6.07, 6.45) is 0. The van der Waals surface area contributed by atoms with Crippen LogP contribution in [0, 0.1) is 0 Å². The topological polar surface area (TPSA) is 70.2 Å². The van der Waals surface area contributed by atoms with Gasteiger partial charge in [0.1, 0.15) is 0 Å². The number of hydrogen-bond donors (Lipinski definition) is 3. The lowest BCUT2D eigenvalue weighted by Gasteiger charge is -2.10. The lowest BCUT2D eigenvalue weighted by atomic mass is 10.2. The second kappa shape index (κ2) is 9.00. The molecule has 0 aromatic heterocycles. The van der Waals surface area contributed by atoms with Crippen LogP contribution in [0.4, 0.5) is 17.1 Å². The summed E-state index contributed by atoms with van der Waals surface area (Å²) in [6, 6.07) is 24.1. The van der Waals surface area contributed by atoms with Crippen LogP contribution in [-0.4, -0.2) is 18.4 Å². The molecule has 0 saturated carbocycles. The molecule has 0 heterocycles. The molecule has 2 amide bonds. The van der Waals surface area contributed by atoms with Gasteiger partial charge in [-0.3, -0.25) is 9.59 Å². The van der Waals surface area contributed by atoms with Crippen LogP contribution in [0.3, 0.4) is 0 Å². The molecule has 27 heavy (non-hydrogen) atoms. The standard InChI is InChI=1S/C21H18BrN3O2/c22-16-11-9-15(10-12-16)21(27)23-14-20(26)25-19-8-4-7-18(13-19)24-17-5-2-1-3-6-17/h1-13,24H,14H2,(H,23,27)(H,25,26). The third-order valence-corrected chi connectivity index (χ3v) is 4.25. The first-order valence-corrected chi connectivity index (χ1v) is 9.15. The summed E-state index contributed by atoms with van der Waals surface area (Å²) < 4.78 is 0.890. The smallest absolute Gasteiger partial charge is 0.251 e. The Morgan fingerprint density at radius 1 is 0.778 bits per heavy atom. The Bertz CT molecular complexity index is 928. The highest BCUT2D eigenvalue weighted by molar-refractivity contribution is 9.10. The molecule has 0 saturated heterocycles. The van der Waals surface area contributed by atoms with Crippen molar-refractivity contribution in [2.75, 3.05) is 17.2 Å². The Morgan fingerprint density at radius 2 is 1.44 bits per heavy atom. The van der Waals surface area contributed by atoms with Gasteiger partial charge in [-0.2, -0.15) is 0 Å². The number of nitrogens with one attached hydrogen (secondary N) is 3. The summed E-state index contributed by atoms with van der Waals surface area (Å²) in [4.78, 5) is 24.2. The van der Waals surface area contributed by atoms with E-state index in [1.807, 2.05) is 48.5 Å². The molecule has 0 aliphatic carbocycles. The van der Waals surface area contributed by atoms with Crippen LogP contribution in [0.2, 0.25) is 0 Å². The maximum atomic E-state index is 12.1. The average molecular weight is 424 g/mol. The molecule has 3 aromatic rings. The number of rotatable bonds is 6. The first-order valence-electron chi connectivity index (χ1n) is 8.36. The van der Waals surface area contributed by atoms with Crippen LogP contribution < -0.4 is 16.0 Å². The molecule has 0 aliphatic heterocycles. The highest BCUT2D eigenvalue weighted by Crippen LogP contribution is 2.19. The zero-order valence-electron chi connectivity index (χ0n) is 14.4. The van der Waals surface area contributed by atoms with Crippen LogP contribution in [-0.2, 0) is 4.79 Å². The van der Waals surface area contributed by atoms with E-state index in [2.05, 4.69) is 31.9 Å². The third-order valence-electron chi connectivity index (χ3n) is 3.72. The number of carbonyl (C=O) groups excluding carboxylic acids is 2. The zero-order valence-corrected chi connectivity index (χ0v) is 16.0. The third kappa shape index (κ3) is 5.69. The van der Waals surface area contributed by atoms with Crippen molar-refractivity contribution in [3.8, 4) is 0 Å². The number of para-hydroxylation sites is 1. The van der Waals surface area contributed by atoms with E-state index in [1.54, 1.807) is 30.3 Å². The van der Waals surface area contributed by atoms with Crippen LogP contribution in [0.15, 0.2) is 83.3 Å². The summed E-state index contributed by atoms with van der Waals surface area (Å²) in [6.45, 7) is -0.106. The van der Waals surface area contributed by atoms with Gasteiger partial charge in [-0.05, 0) is 54.6 Å². The van der Waals surface area contributed by atoms with Gasteiger partial charge >= 0.3 is 0 Å². The maximum Gasteiger partial charge on any atom is 0.251 e. The fourth-order valence-electron chi connectivity index (χ4n) is 2.43. The van der Waals surface area contributed by atoms with E-state index < -0.39 is 0 Å². The fraction of sp³-hybridized carbons (Fsp3) is 0.0476. The van der Waals surface area contributed by atoms with Gasteiger partial charge in [-0.1, -0.05) is 40.2 Å². The molecule has 0 atom stereocenters. The summed E-state index contributed by atoms with van der Waals surface area (Å²) in [5.74, 6) is -0.588. The van der Waals surface area contributed by atoms with Crippen molar-refractivity contribution < 1.29 is 9.59 Å². The molecule has 5 nitrogen and oxygen atoms in total. The molecular weight excluding hydrogens is 406 g/mol. The second-order valence-electron chi connectivity index (χ2n) is 5.81. The Hall–Kier alpha value is -3.12. The number of hydrogen-bond acceptors (Lipinski definition) is 3. The molecule has 3 N–H and O–H groups in total. The summed E-state index contributed by atoms with van der Waals surface area (Å²) in [5, 5.41) is 8.66. The Morgan fingerprint density at radius 3 is 2.19 bits per heavy atom. The molecule has 6 heteroatoms. The number of amides is 2. The van der Waals surface area contributed by atoms with Crippen molar-refractivity contribution in [2.45, 2.75) is 0 Å². The fourth-order valence-corrected chi connectivity index (χ4v) is 2.70. The number of benzene rings is 3. The Labute approximate surface area is 165 Å². The van der Waals surface area contributed by atoms with Crippen molar-refractivity contribution in [1.29, 1.82) is 0 Å². The van der Waals surface area contributed by atoms with Gasteiger partial charge in [-0.15, -0.1) is 0 Å². The van der Waals surface area contributed by atoms with Gasteiger partial charge in [0.2, 0.25) is 5.91 Å². The molecule has 0 fully saturated rings. The van der Waals surface area contributed by atoms with E-state index >= 15 is 0 Å². The quantitative estimate of drug-likeness (QED) is 0.543. The molecule has 0 radical (unpaired) electrons. The molecule has 3 rings (SSSR count). The number of carbonyl (C=O) groups is 2. The van der Waals surface area contributed by atoms with Crippen LogP contribution >= 0.6 is 15.9 Å². The van der Waals surface area contributed by atoms with E-state index in [0.717, 1.165) is 15.8 Å². The Balaban J connectivity index is 1.54. The predicted octanol–water partition coefficient (Wildman–Crippen LogP) is 4.56. The van der Waals surface area contributed by atoms with Gasteiger partial charge in [-0.25, -0.2) is 0 Å². The van der Waals surface area contributed by atoms with Crippen molar-refractivity contribution >= 4 is 44.8 Å². The average Bonchev–Trinajstić information content (AvgIpc) is 2.68. The summed E-state index contributed by atoms with van der Waals surface area (Å²) in [7, 11) is 0. The molecule has 0 unspecified atom stereocenters. The van der Waals surface area contributed by atoms with Crippen molar-refractivity contribution in [3.63, 3.8) is 0 Å². The minimum absolute atomic E-state index is 0.106. The van der Waals surface area contributed by atoms with Gasteiger partial charge in [0.05, 0.1) is 6.54 Å². The highest BCUT2D eigenvalue weighted by atomic mass is 79.9. The van der Waals surface area contributed by atoms with Gasteiger partial charge in [0.15, 0.2) is 0 Å². The van der Waals surface area contributed by atoms with E-state index in [4.69, 9.17) is 0 Å². The number of halogens is 1. The molecule has 136 valence electrons. The lowest BCUT2D eigenvalue weighted by Crippen LogP contribution is -2.32. The first kappa shape index (κ1) is 18.7. The normalized spacial score (nSPS) is 10.1. The van der Waals surface area contributed by atoms with Crippen molar-refractivity contribution in [3.05, 3.63) is 88.9 Å². The first-order chi connectivity index (χ1) is 13.1. The van der Waals surface area contributed by atoms with E-state index in [-0.39, 0.29) is 18.4 Å². The Kier molecular flexibility index (Phi) is 6.22. The zero-order chi connectivity index (χ0) is 19.1. The van der Waals surface area contributed by atoms with Crippen LogP contribution in [0.5, 0.6) is 0 Å². The van der Waals surface area contributed by atoms with Gasteiger partial charge in [0, 0.05) is 27.1 Å². The van der Waals surface area contributed by atoms with E-state index in [1.165, 1.54) is 0 Å². The molecule has 0 aliphatic rings. The van der Waals surface area contributed by atoms with Gasteiger partial charge < -0.3 is 16.0 Å². The minimum Gasteiger partial charge on any atom is -0.355 e. The molecule has 0 bridgehead atoms. The molecule has 3 aromatic carbocycles. The molecule has 0 spiro atoms. The summed E-state index contributed by atoms with van der Waals surface area (Å²) in [5.41, 5.74) is 2.97. The lowest BCUT2D eigenvalue weighted by molar-refractivity contribution is -0.115. The van der Waals surface area contributed by atoms with Crippen LogP contribution in [0.25, 0.3) is 0 Å². The van der Waals surface area contributed by atoms with E-state index in [9.17, 15) is 9.59 Å². The van der Waals surface area contributed by atoms with Gasteiger partial charge in [0.25, 0.3) is 5.91 Å². The van der Waals surface area contributed by atoms with Crippen LogP contribution in [0.1, 0.15) is 10.4 Å². The predicted molar refractivity (Wildman–Crippen MR) is 111 cm³/mol. The second-order valence-corrected chi connectivity index (χ2v) is 6.73. The SMILES string of the molecule is O=C(CNC(=O)c1ccc(Br)cc1)Nc1cccc(Nc2ccccc2)c1. The van der Waals surface area contributed by atoms with Crippen molar-refractivity contribution in [2.24, 2.45) is 0 Å². The highest BCUT2D eigenvalue weighted by Gasteiger charge is 2.08. The van der Waals surface area contributed by atoms with Crippen molar-refractivity contribution in [1.82, 2.24) is 5.32 Å². The van der Waals surface area contributed by atoms with E-state index in [0.29, 0.717) is 11.3 Å². The maximum absolute atomic E-state index is 12.1.